The van der Waals surface area contributed by atoms with Crippen LogP contribution in [0.4, 0.5) is 0 Å². The summed E-state index contributed by atoms with van der Waals surface area (Å²) in [7, 11) is -18.2. The Balaban J connectivity index is -0.0000000956. The largest absolute Gasteiger partial charge is 0.456 e. The minimum Gasteiger partial charge on any atom is -0.456 e. The van der Waals surface area contributed by atoms with Gasteiger partial charge in [0, 0.05) is 8.07 Å². The van der Waals surface area contributed by atoms with Crippen LogP contribution >= 0.6 is 0 Å². The molecule has 19 heteroatoms. The highest BCUT2D eigenvalue weighted by Gasteiger charge is 2.42. The van der Waals surface area contributed by atoms with Crippen molar-refractivity contribution in [1.29, 1.82) is 0 Å². The van der Waals surface area contributed by atoms with E-state index in [0.717, 1.165) is 6.04 Å². The minimum atomic E-state index is -2.09. The van der Waals surface area contributed by atoms with Crippen molar-refractivity contribution in [3.63, 3.8) is 0 Å². The van der Waals surface area contributed by atoms with E-state index in [1.54, 1.807) is 0 Å². The summed E-state index contributed by atoms with van der Waals surface area (Å²) in [6.45, 7) is 65.4. The summed E-state index contributed by atoms with van der Waals surface area (Å²) in [6.07, 6.45) is 0. The monoisotopic (exact) mass is 1050 g/mol. The van der Waals surface area contributed by atoms with Crippen LogP contribution in [0.25, 0.3) is 0 Å². The van der Waals surface area contributed by atoms with E-state index < -0.39 is 102 Å². The zero-order valence-electron chi connectivity index (χ0n) is 40.8. The molecule has 0 aromatic rings. The molecule has 0 amide bonds. The maximum atomic E-state index is 6.80. The molecule has 0 atom stereocenters. The average molecular weight is 1050 g/mol. The molecule has 0 aliphatic heterocycles. The molecule has 0 radical (unpaired) electrons. The first kappa shape index (κ1) is 81.3. The van der Waals surface area contributed by atoms with Crippen molar-refractivity contribution in [3.8, 4) is 0 Å². The Kier molecular flexibility index (Phi) is 43.9. The Morgan fingerprint density at radius 2 is 0.661 bits per heavy atom. The van der Waals surface area contributed by atoms with E-state index in [4.69, 9.17) is 28.8 Å². The van der Waals surface area contributed by atoms with Crippen LogP contribution in [0.15, 0.2) is 12.3 Å². The van der Waals surface area contributed by atoms with Gasteiger partial charge in [-0.15, -0.1) is 6.58 Å². The number of hydrogen-bond donors (Lipinski definition) is 0. The van der Waals surface area contributed by atoms with E-state index in [2.05, 4.69) is 184 Å². The molecule has 0 fully saturated rings. The standard InChI is InChI=1S/C18H50O3Si6.C10H26O2Si3.C6H20O2Si3.6CH4/c1-22(2,3)15-16-25(9,10)20-27(13,14)21-26(11,12)18-17-24(7,8)19-23(4,5)6;1-9-13(3,4)11-15(7,8)12-14(5,6)10-2;1-9(2)7-11(5,6)8-10(3)4;;;;;;/h15-18H2,1-14H3;9H,1,10H2,2-8H3;9-10H,1-6H3;6*1H4. The van der Waals surface area contributed by atoms with Gasteiger partial charge in [0.25, 0.3) is 0 Å². The zero-order chi connectivity index (χ0) is 43.3. The van der Waals surface area contributed by atoms with Gasteiger partial charge in [-0.05, 0) is 175 Å². The molecule has 0 heterocycles. The maximum Gasteiger partial charge on any atom is 0.311 e. The first-order chi connectivity index (χ1) is 22.9. The third-order valence-electron chi connectivity index (χ3n) is 7.85. The molecule has 370 valence electrons. The smallest absolute Gasteiger partial charge is 0.311 e. The van der Waals surface area contributed by atoms with E-state index >= 15 is 0 Å². The summed E-state index contributed by atoms with van der Waals surface area (Å²) in [5.74, 6) is 0. The van der Waals surface area contributed by atoms with Gasteiger partial charge in [0.15, 0.2) is 68.0 Å². The highest BCUT2D eigenvalue weighted by Crippen LogP contribution is 2.30. The van der Waals surface area contributed by atoms with Gasteiger partial charge in [0.1, 0.15) is 0 Å². The van der Waals surface area contributed by atoms with Crippen LogP contribution in [0, 0.1) is 0 Å². The summed E-state index contributed by atoms with van der Waals surface area (Å²) < 4.78 is 44.2. The minimum absolute atomic E-state index is 0. The maximum absolute atomic E-state index is 6.80. The lowest BCUT2D eigenvalue weighted by atomic mass is 10.9. The zero-order valence-corrected chi connectivity index (χ0v) is 53.1. The molecule has 0 aliphatic carbocycles. The van der Waals surface area contributed by atoms with Crippen LogP contribution in [-0.4, -0.2) is 102 Å². The van der Waals surface area contributed by atoms with Crippen molar-refractivity contribution in [3.05, 3.63) is 12.3 Å². The van der Waals surface area contributed by atoms with Crippen LogP contribution in [0.5, 0.6) is 0 Å². The lowest BCUT2D eigenvalue weighted by Crippen LogP contribution is -2.53. The van der Waals surface area contributed by atoms with Crippen LogP contribution in [-0.2, 0) is 28.8 Å². The van der Waals surface area contributed by atoms with Gasteiger partial charge in [0.2, 0.25) is 0 Å². The van der Waals surface area contributed by atoms with Gasteiger partial charge < -0.3 is 28.8 Å². The van der Waals surface area contributed by atoms with Crippen molar-refractivity contribution < 1.29 is 28.8 Å². The van der Waals surface area contributed by atoms with Crippen molar-refractivity contribution in [1.82, 2.24) is 0 Å². The normalized spacial score (nSPS) is 13.0. The van der Waals surface area contributed by atoms with Gasteiger partial charge in [-0.1, -0.05) is 82.9 Å². The molecule has 59 heavy (non-hydrogen) atoms. The fourth-order valence-corrected chi connectivity index (χ4v) is 57.1. The quantitative estimate of drug-likeness (QED) is 0.100. The molecule has 0 saturated heterocycles. The van der Waals surface area contributed by atoms with E-state index in [0.29, 0.717) is 0 Å². The molecule has 0 rings (SSSR count). The van der Waals surface area contributed by atoms with Gasteiger partial charge >= 0.3 is 25.7 Å². The Hall–Kier alpha value is 2.06. The molecular weight excluding hydrogens is 929 g/mol. The van der Waals surface area contributed by atoms with Crippen molar-refractivity contribution in [2.45, 2.75) is 252 Å². The summed E-state index contributed by atoms with van der Waals surface area (Å²) in [4.78, 5) is 0. The Morgan fingerprint density at radius 1 is 0.390 bits per heavy atom. The number of rotatable bonds is 22. The molecule has 0 saturated carbocycles. The second kappa shape index (κ2) is 31.9. The van der Waals surface area contributed by atoms with E-state index in [1.165, 1.54) is 24.2 Å². The molecular formula is C40H120O7Si12. The van der Waals surface area contributed by atoms with Crippen LogP contribution in [0.2, 0.25) is 200 Å². The predicted molar refractivity (Wildman–Crippen MR) is 312 cm³/mol. The lowest BCUT2D eigenvalue weighted by Gasteiger charge is -2.40. The van der Waals surface area contributed by atoms with Gasteiger partial charge in [-0.2, -0.15) is 0 Å². The van der Waals surface area contributed by atoms with E-state index in [-0.39, 0.29) is 44.6 Å². The van der Waals surface area contributed by atoms with Crippen LogP contribution < -0.4 is 0 Å². The molecule has 0 aliphatic rings. The fourth-order valence-electron chi connectivity index (χ4n) is 6.21. The first-order valence-electron chi connectivity index (χ1n) is 20.4. The van der Waals surface area contributed by atoms with Crippen LogP contribution in [0.1, 0.15) is 51.5 Å². The summed E-state index contributed by atoms with van der Waals surface area (Å²) >= 11 is 0. The van der Waals surface area contributed by atoms with E-state index in [1.807, 2.05) is 5.70 Å². The molecule has 0 spiro atoms. The van der Waals surface area contributed by atoms with Crippen molar-refractivity contribution in [2.75, 3.05) is 0 Å². The SMILES string of the molecule is C.C.C.C.C.C.C=C[Si](C)(C)O[Si](C)(C)O[Si](C)(C)CC.C[SiH](C)O[Si](C)(C)O[SiH](C)C.C[Si](C)(C)CC[Si](C)(C)O[Si](C)(C)O[Si](C)(C)CC[Si](C)(C)O[Si](C)(C)C. The number of hydrogen-bond acceptors (Lipinski definition) is 7. The Bertz CT molecular complexity index is 1030. The summed E-state index contributed by atoms with van der Waals surface area (Å²) in [6, 6.07) is 6.17. The highest BCUT2D eigenvalue weighted by atomic mass is 28.5. The third kappa shape index (κ3) is 52.6. The second-order valence-corrected chi connectivity index (χ2v) is 70.2. The van der Waals surface area contributed by atoms with Crippen molar-refractivity contribution in [2.24, 2.45) is 0 Å². The summed E-state index contributed by atoms with van der Waals surface area (Å²) in [5.41, 5.74) is 1.98. The summed E-state index contributed by atoms with van der Waals surface area (Å²) in [5, 5.41) is 0. The molecule has 7 nitrogen and oxygen atoms in total. The third-order valence-corrected chi connectivity index (χ3v) is 47.2. The Labute approximate surface area is 392 Å². The molecule has 0 N–H and O–H groups in total. The lowest BCUT2D eigenvalue weighted by molar-refractivity contribution is 0.388. The van der Waals surface area contributed by atoms with Crippen molar-refractivity contribution >= 4 is 102 Å². The first-order valence-corrected chi connectivity index (χ1v) is 57.0. The molecule has 0 unspecified atom stereocenters. The Morgan fingerprint density at radius 3 is 0.915 bits per heavy atom. The van der Waals surface area contributed by atoms with Crippen LogP contribution in [0.3, 0.4) is 0 Å². The topological polar surface area (TPSA) is 64.6 Å². The highest BCUT2D eigenvalue weighted by molar-refractivity contribution is 6.91. The van der Waals surface area contributed by atoms with Gasteiger partial charge in [-0.3, -0.25) is 0 Å². The second-order valence-electron chi connectivity index (χ2n) is 21.9. The average Bonchev–Trinajstić information content (AvgIpc) is 2.81. The molecule has 0 aromatic heterocycles. The molecule has 0 bridgehead atoms. The predicted octanol–water partition coefficient (Wildman–Crippen LogP) is 16.9. The van der Waals surface area contributed by atoms with Gasteiger partial charge in [0.05, 0.1) is 0 Å². The van der Waals surface area contributed by atoms with E-state index in [9.17, 15) is 0 Å². The molecule has 0 aromatic carbocycles. The fraction of sp³-hybridized carbons (Fsp3) is 0.950. The van der Waals surface area contributed by atoms with Gasteiger partial charge in [-0.25, -0.2) is 0 Å².